The van der Waals surface area contributed by atoms with Crippen LogP contribution in [0.5, 0.6) is 0 Å². The van der Waals surface area contributed by atoms with E-state index in [-0.39, 0.29) is 24.1 Å². The fraction of sp³-hybridized carbons (Fsp3) is 0.316. The van der Waals surface area contributed by atoms with E-state index in [4.69, 9.17) is 0 Å². The molecule has 1 aliphatic rings. The molecule has 0 radical (unpaired) electrons. The summed E-state index contributed by atoms with van der Waals surface area (Å²) >= 11 is 0. The standard InChI is InChI=1S/C19H21N3O3/c1-20-11-12-21(18(14-20)16-5-3-2-4-6-16)19(23)13-15-7-9-17(10-8-15)22(24)25/h2-10,18H,11-14H2,1H3. The number of nitro groups is 1. The van der Waals surface area contributed by atoms with Gasteiger partial charge in [0.25, 0.3) is 5.69 Å². The van der Waals surface area contributed by atoms with Crippen LogP contribution in [0.3, 0.4) is 0 Å². The van der Waals surface area contributed by atoms with Crippen molar-refractivity contribution >= 4 is 11.6 Å². The van der Waals surface area contributed by atoms with Crippen LogP contribution in [0.25, 0.3) is 0 Å². The van der Waals surface area contributed by atoms with E-state index in [0.717, 1.165) is 24.2 Å². The average molecular weight is 339 g/mol. The van der Waals surface area contributed by atoms with Crippen molar-refractivity contribution in [3.05, 3.63) is 75.8 Å². The van der Waals surface area contributed by atoms with Gasteiger partial charge in [-0.1, -0.05) is 42.5 Å². The monoisotopic (exact) mass is 339 g/mol. The Morgan fingerprint density at radius 2 is 1.80 bits per heavy atom. The van der Waals surface area contributed by atoms with Gasteiger partial charge in [-0.25, -0.2) is 0 Å². The Kier molecular flexibility index (Phi) is 5.09. The molecule has 2 aromatic rings. The molecule has 6 nitrogen and oxygen atoms in total. The topological polar surface area (TPSA) is 66.7 Å². The van der Waals surface area contributed by atoms with Gasteiger partial charge in [0.05, 0.1) is 17.4 Å². The van der Waals surface area contributed by atoms with Crippen molar-refractivity contribution in [1.29, 1.82) is 0 Å². The summed E-state index contributed by atoms with van der Waals surface area (Å²) in [5.74, 6) is 0.0517. The second kappa shape index (κ2) is 7.44. The molecule has 1 fully saturated rings. The van der Waals surface area contributed by atoms with Crippen molar-refractivity contribution in [2.75, 3.05) is 26.7 Å². The lowest BCUT2D eigenvalue weighted by molar-refractivity contribution is -0.384. The summed E-state index contributed by atoms with van der Waals surface area (Å²) in [6.45, 7) is 2.33. The number of hydrogen-bond donors (Lipinski definition) is 0. The van der Waals surface area contributed by atoms with Gasteiger partial charge in [0.15, 0.2) is 0 Å². The summed E-state index contributed by atoms with van der Waals surface area (Å²) < 4.78 is 0. The average Bonchev–Trinajstić information content (AvgIpc) is 2.62. The zero-order valence-corrected chi connectivity index (χ0v) is 14.2. The van der Waals surface area contributed by atoms with Gasteiger partial charge >= 0.3 is 0 Å². The molecule has 0 saturated carbocycles. The Balaban J connectivity index is 1.75. The van der Waals surface area contributed by atoms with Crippen LogP contribution in [0, 0.1) is 10.1 Å². The predicted octanol–water partition coefficient (Wildman–Crippen LogP) is 2.65. The first-order valence-electron chi connectivity index (χ1n) is 8.31. The van der Waals surface area contributed by atoms with Gasteiger partial charge < -0.3 is 9.80 Å². The largest absolute Gasteiger partial charge is 0.333 e. The third-order valence-corrected chi connectivity index (χ3v) is 4.59. The predicted molar refractivity (Wildman–Crippen MR) is 95.2 cm³/mol. The third-order valence-electron chi connectivity index (χ3n) is 4.59. The van der Waals surface area contributed by atoms with Crippen LogP contribution >= 0.6 is 0 Å². The van der Waals surface area contributed by atoms with Crippen LogP contribution in [-0.2, 0) is 11.2 Å². The molecule has 1 unspecified atom stereocenters. The Hall–Kier alpha value is -2.73. The highest BCUT2D eigenvalue weighted by molar-refractivity contribution is 5.79. The van der Waals surface area contributed by atoms with Crippen molar-refractivity contribution in [3.63, 3.8) is 0 Å². The molecule has 0 aromatic heterocycles. The van der Waals surface area contributed by atoms with Gasteiger partial charge in [-0.15, -0.1) is 0 Å². The third kappa shape index (κ3) is 4.03. The zero-order chi connectivity index (χ0) is 17.8. The summed E-state index contributed by atoms with van der Waals surface area (Å²) in [5.41, 5.74) is 1.96. The Labute approximate surface area is 146 Å². The first-order chi connectivity index (χ1) is 12.0. The van der Waals surface area contributed by atoms with E-state index in [1.807, 2.05) is 23.1 Å². The smallest absolute Gasteiger partial charge is 0.269 e. The number of non-ortho nitro benzene ring substituents is 1. The molecule has 1 atom stereocenters. The summed E-state index contributed by atoms with van der Waals surface area (Å²) in [4.78, 5) is 27.3. The number of amides is 1. The first kappa shape index (κ1) is 17.1. The molecule has 1 heterocycles. The summed E-state index contributed by atoms with van der Waals surface area (Å²) in [5, 5.41) is 10.7. The zero-order valence-electron chi connectivity index (χ0n) is 14.2. The first-order valence-corrected chi connectivity index (χ1v) is 8.31. The van der Waals surface area contributed by atoms with Crippen LogP contribution in [0.1, 0.15) is 17.2 Å². The number of likely N-dealkylation sites (N-methyl/N-ethyl adjacent to an activating group) is 1. The molecule has 2 aromatic carbocycles. The lowest BCUT2D eigenvalue weighted by Crippen LogP contribution is -2.49. The number of carbonyl (C=O) groups is 1. The van der Waals surface area contributed by atoms with Crippen LogP contribution in [-0.4, -0.2) is 47.3 Å². The van der Waals surface area contributed by atoms with E-state index in [1.165, 1.54) is 12.1 Å². The molecule has 0 N–H and O–H groups in total. The molecule has 0 spiro atoms. The molecule has 1 saturated heterocycles. The minimum absolute atomic E-state index is 0.0329. The highest BCUT2D eigenvalue weighted by Crippen LogP contribution is 2.25. The minimum atomic E-state index is -0.433. The Morgan fingerprint density at radius 1 is 1.12 bits per heavy atom. The van der Waals surface area contributed by atoms with Crippen LogP contribution in [0.2, 0.25) is 0 Å². The van der Waals surface area contributed by atoms with E-state index < -0.39 is 4.92 Å². The maximum absolute atomic E-state index is 12.9. The fourth-order valence-corrected chi connectivity index (χ4v) is 3.19. The van der Waals surface area contributed by atoms with Gasteiger partial charge in [0.1, 0.15) is 0 Å². The Morgan fingerprint density at radius 3 is 2.44 bits per heavy atom. The van der Waals surface area contributed by atoms with Crippen molar-refractivity contribution < 1.29 is 9.72 Å². The van der Waals surface area contributed by atoms with Crippen molar-refractivity contribution in [3.8, 4) is 0 Å². The van der Waals surface area contributed by atoms with Gasteiger partial charge in [0, 0.05) is 31.8 Å². The van der Waals surface area contributed by atoms with Crippen molar-refractivity contribution in [2.45, 2.75) is 12.5 Å². The number of rotatable bonds is 4. The van der Waals surface area contributed by atoms with Gasteiger partial charge in [-0.3, -0.25) is 14.9 Å². The maximum atomic E-state index is 12.9. The second-order valence-corrected chi connectivity index (χ2v) is 6.38. The van der Waals surface area contributed by atoms with Gasteiger partial charge in [0.2, 0.25) is 5.91 Å². The normalized spacial score (nSPS) is 18.1. The highest BCUT2D eigenvalue weighted by Gasteiger charge is 2.30. The van der Waals surface area contributed by atoms with Crippen LogP contribution in [0.15, 0.2) is 54.6 Å². The number of nitrogens with zero attached hydrogens (tertiary/aromatic N) is 3. The lowest BCUT2D eigenvalue weighted by Gasteiger charge is -2.40. The van der Waals surface area contributed by atoms with E-state index in [9.17, 15) is 14.9 Å². The molecule has 130 valence electrons. The number of benzene rings is 2. The molecule has 3 rings (SSSR count). The van der Waals surface area contributed by atoms with E-state index in [0.29, 0.717) is 6.54 Å². The molecule has 6 heteroatoms. The highest BCUT2D eigenvalue weighted by atomic mass is 16.6. The Bertz CT molecular complexity index is 746. The molecular weight excluding hydrogens is 318 g/mol. The fourth-order valence-electron chi connectivity index (χ4n) is 3.19. The van der Waals surface area contributed by atoms with Gasteiger partial charge in [-0.05, 0) is 18.2 Å². The summed E-state index contributed by atoms with van der Waals surface area (Å²) in [6.07, 6.45) is 0.255. The molecular formula is C19H21N3O3. The maximum Gasteiger partial charge on any atom is 0.269 e. The van der Waals surface area contributed by atoms with Gasteiger partial charge in [-0.2, -0.15) is 0 Å². The van der Waals surface area contributed by atoms with Crippen molar-refractivity contribution in [1.82, 2.24) is 9.80 Å². The van der Waals surface area contributed by atoms with E-state index >= 15 is 0 Å². The number of nitro benzene ring substituents is 1. The summed E-state index contributed by atoms with van der Waals surface area (Å²) in [7, 11) is 2.06. The van der Waals surface area contributed by atoms with Crippen LogP contribution in [0.4, 0.5) is 5.69 Å². The number of carbonyl (C=O) groups excluding carboxylic acids is 1. The van der Waals surface area contributed by atoms with Crippen LogP contribution < -0.4 is 0 Å². The van der Waals surface area contributed by atoms with Crippen molar-refractivity contribution in [2.24, 2.45) is 0 Å². The minimum Gasteiger partial charge on any atom is -0.333 e. The SMILES string of the molecule is CN1CCN(C(=O)Cc2ccc([N+](=O)[O-])cc2)C(c2ccccc2)C1. The quantitative estimate of drug-likeness (QED) is 0.634. The lowest BCUT2D eigenvalue weighted by atomic mass is 10.0. The van der Waals surface area contributed by atoms with E-state index in [1.54, 1.807) is 12.1 Å². The molecule has 1 aliphatic heterocycles. The number of piperazine rings is 1. The van der Waals surface area contributed by atoms with E-state index in [2.05, 4.69) is 24.1 Å². The molecule has 0 bridgehead atoms. The molecule has 1 amide bonds. The second-order valence-electron chi connectivity index (χ2n) is 6.38. The summed E-state index contributed by atoms with van der Waals surface area (Å²) in [6, 6.07) is 16.3. The molecule has 0 aliphatic carbocycles. The number of hydrogen-bond acceptors (Lipinski definition) is 4. The molecule has 25 heavy (non-hydrogen) atoms.